The van der Waals surface area contributed by atoms with E-state index in [9.17, 15) is 0 Å². The molecule has 2 nitrogen and oxygen atoms in total. The lowest BCUT2D eigenvalue weighted by Crippen LogP contribution is -1.90. The second-order valence-electron chi connectivity index (χ2n) is 4.48. The third-order valence-corrected chi connectivity index (χ3v) is 3.08. The zero-order chi connectivity index (χ0) is 13.1. The molecule has 0 bridgehead atoms. The van der Waals surface area contributed by atoms with Crippen molar-refractivity contribution in [3.05, 3.63) is 53.1 Å². The van der Waals surface area contributed by atoms with Gasteiger partial charge in [-0.25, -0.2) is 0 Å². The molecule has 0 aliphatic rings. The van der Waals surface area contributed by atoms with Crippen LogP contribution in [0, 0.1) is 20.8 Å². The van der Waals surface area contributed by atoms with Gasteiger partial charge in [-0.15, -0.1) is 0 Å². The topological polar surface area (TPSA) is 18.5 Å². The summed E-state index contributed by atoms with van der Waals surface area (Å²) >= 11 is 0. The first-order valence-electron chi connectivity index (χ1n) is 6.00. The second kappa shape index (κ2) is 5.13. The second-order valence-corrected chi connectivity index (χ2v) is 4.48. The standard InChI is InChI=1S/C16H18O2/c1-11-5-6-14(9-12(11)2)18-15-7-8-16(17-4)13(3)10-15/h5-10H,1-4H3. The Kier molecular flexibility index (Phi) is 3.56. The van der Waals surface area contributed by atoms with E-state index in [2.05, 4.69) is 26.0 Å². The van der Waals surface area contributed by atoms with Gasteiger partial charge in [0.15, 0.2) is 0 Å². The molecule has 2 rings (SSSR count). The predicted octanol–water partition coefficient (Wildman–Crippen LogP) is 4.41. The molecule has 2 aromatic carbocycles. The van der Waals surface area contributed by atoms with E-state index in [-0.39, 0.29) is 0 Å². The number of methoxy groups -OCH3 is 1. The van der Waals surface area contributed by atoms with Crippen LogP contribution in [0.1, 0.15) is 16.7 Å². The first-order chi connectivity index (χ1) is 8.60. The van der Waals surface area contributed by atoms with E-state index in [0.29, 0.717) is 0 Å². The lowest BCUT2D eigenvalue weighted by molar-refractivity contribution is 0.409. The van der Waals surface area contributed by atoms with Crippen molar-refractivity contribution in [2.75, 3.05) is 7.11 Å². The van der Waals surface area contributed by atoms with Crippen LogP contribution in [0.4, 0.5) is 0 Å². The quantitative estimate of drug-likeness (QED) is 0.793. The molecule has 18 heavy (non-hydrogen) atoms. The maximum atomic E-state index is 5.84. The SMILES string of the molecule is COc1ccc(Oc2ccc(C)c(C)c2)cc1C. The van der Waals surface area contributed by atoms with Gasteiger partial charge in [0.05, 0.1) is 7.11 Å². The summed E-state index contributed by atoms with van der Waals surface area (Å²) in [7, 11) is 1.67. The molecular weight excluding hydrogens is 224 g/mol. The normalized spacial score (nSPS) is 10.2. The van der Waals surface area contributed by atoms with Crippen LogP contribution >= 0.6 is 0 Å². The van der Waals surface area contributed by atoms with Crippen LogP contribution in [0.15, 0.2) is 36.4 Å². The van der Waals surface area contributed by atoms with Gasteiger partial charge in [0.25, 0.3) is 0 Å². The van der Waals surface area contributed by atoms with Gasteiger partial charge in [-0.1, -0.05) is 6.07 Å². The minimum Gasteiger partial charge on any atom is -0.496 e. The molecule has 0 saturated heterocycles. The van der Waals surface area contributed by atoms with E-state index in [1.54, 1.807) is 7.11 Å². The molecule has 0 N–H and O–H groups in total. The Labute approximate surface area is 108 Å². The van der Waals surface area contributed by atoms with Crippen molar-refractivity contribution in [3.8, 4) is 17.2 Å². The number of aryl methyl sites for hydroxylation is 3. The number of ether oxygens (including phenoxy) is 2. The van der Waals surface area contributed by atoms with Crippen molar-refractivity contribution in [1.82, 2.24) is 0 Å². The minimum absolute atomic E-state index is 0.830. The third-order valence-electron chi connectivity index (χ3n) is 3.08. The molecule has 0 radical (unpaired) electrons. The smallest absolute Gasteiger partial charge is 0.127 e. The van der Waals surface area contributed by atoms with Crippen LogP contribution < -0.4 is 9.47 Å². The Balaban J connectivity index is 2.23. The fourth-order valence-corrected chi connectivity index (χ4v) is 1.83. The Bertz CT molecular complexity index is 559. The van der Waals surface area contributed by atoms with Gasteiger partial charge in [0, 0.05) is 0 Å². The van der Waals surface area contributed by atoms with Crippen molar-refractivity contribution < 1.29 is 9.47 Å². The molecule has 0 aromatic heterocycles. The van der Waals surface area contributed by atoms with Crippen LogP contribution in [0.2, 0.25) is 0 Å². The number of hydrogen-bond acceptors (Lipinski definition) is 2. The van der Waals surface area contributed by atoms with Gasteiger partial charge in [0.1, 0.15) is 17.2 Å². The number of rotatable bonds is 3. The maximum Gasteiger partial charge on any atom is 0.127 e. The molecule has 0 amide bonds. The van der Waals surface area contributed by atoms with Gasteiger partial charge in [0.2, 0.25) is 0 Å². The average Bonchev–Trinajstić information content (AvgIpc) is 2.34. The monoisotopic (exact) mass is 242 g/mol. The Morgan fingerprint density at radius 3 is 1.89 bits per heavy atom. The van der Waals surface area contributed by atoms with Gasteiger partial charge in [-0.3, -0.25) is 0 Å². The molecule has 0 fully saturated rings. The molecule has 2 heteroatoms. The van der Waals surface area contributed by atoms with E-state index in [4.69, 9.17) is 9.47 Å². The lowest BCUT2D eigenvalue weighted by Gasteiger charge is -2.10. The van der Waals surface area contributed by atoms with Crippen LogP contribution in [0.25, 0.3) is 0 Å². The summed E-state index contributed by atoms with van der Waals surface area (Å²) in [6.45, 7) is 6.18. The van der Waals surface area contributed by atoms with Gasteiger partial charge < -0.3 is 9.47 Å². The average molecular weight is 242 g/mol. The van der Waals surface area contributed by atoms with Crippen molar-refractivity contribution in [3.63, 3.8) is 0 Å². The summed E-state index contributed by atoms with van der Waals surface area (Å²) in [5.41, 5.74) is 3.57. The van der Waals surface area contributed by atoms with Gasteiger partial charge in [-0.05, 0) is 67.8 Å². The summed E-state index contributed by atoms with van der Waals surface area (Å²) in [6.07, 6.45) is 0. The highest BCUT2D eigenvalue weighted by atomic mass is 16.5. The largest absolute Gasteiger partial charge is 0.496 e. The van der Waals surface area contributed by atoms with Crippen LogP contribution in [0.3, 0.4) is 0 Å². The molecule has 94 valence electrons. The fourth-order valence-electron chi connectivity index (χ4n) is 1.83. The molecule has 2 aromatic rings. The molecule has 0 spiro atoms. The summed E-state index contributed by atoms with van der Waals surface area (Å²) < 4.78 is 11.1. The Morgan fingerprint density at radius 2 is 1.33 bits per heavy atom. The van der Waals surface area contributed by atoms with Crippen LogP contribution in [-0.2, 0) is 0 Å². The summed E-state index contributed by atoms with van der Waals surface area (Å²) in [5.74, 6) is 2.57. The molecule has 0 saturated carbocycles. The highest BCUT2D eigenvalue weighted by molar-refractivity contribution is 5.42. The van der Waals surface area contributed by atoms with E-state index in [0.717, 1.165) is 22.8 Å². The van der Waals surface area contributed by atoms with E-state index in [1.807, 2.05) is 31.2 Å². The third kappa shape index (κ3) is 2.65. The molecule has 0 heterocycles. The molecule has 0 unspecified atom stereocenters. The predicted molar refractivity (Wildman–Crippen MR) is 73.7 cm³/mol. The lowest BCUT2D eigenvalue weighted by atomic mass is 10.1. The minimum atomic E-state index is 0.830. The Hall–Kier alpha value is -1.96. The van der Waals surface area contributed by atoms with Crippen molar-refractivity contribution in [2.24, 2.45) is 0 Å². The number of hydrogen-bond donors (Lipinski definition) is 0. The maximum absolute atomic E-state index is 5.84. The Morgan fingerprint density at radius 1 is 0.722 bits per heavy atom. The van der Waals surface area contributed by atoms with E-state index >= 15 is 0 Å². The molecule has 0 aliphatic heterocycles. The summed E-state index contributed by atoms with van der Waals surface area (Å²) in [5, 5.41) is 0. The number of benzene rings is 2. The zero-order valence-corrected chi connectivity index (χ0v) is 11.3. The summed E-state index contributed by atoms with van der Waals surface area (Å²) in [4.78, 5) is 0. The highest BCUT2D eigenvalue weighted by Crippen LogP contribution is 2.28. The molecule has 0 aliphatic carbocycles. The van der Waals surface area contributed by atoms with Crippen LogP contribution in [-0.4, -0.2) is 7.11 Å². The zero-order valence-electron chi connectivity index (χ0n) is 11.3. The summed E-state index contributed by atoms with van der Waals surface area (Å²) in [6, 6.07) is 11.9. The van der Waals surface area contributed by atoms with E-state index < -0.39 is 0 Å². The van der Waals surface area contributed by atoms with Crippen molar-refractivity contribution in [2.45, 2.75) is 20.8 Å². The first-order valence-corrected chi connectivity index (χ1v) is 6.00. The fraction of sp³-hybridized carbons (Fsp3) is 0.250. The highest BCUT2D eigenvalue weighted by Gasteiger charge is 2.03. The van der Waals surface area contributed by atoms with Crippen molar-refractivity contribution >= 4 is 0 Å². The van der Waals surface area contributed by atoms with E-state index in [1.165, 1.54) is 11.1 Å². The van der Waals surface area contributed by atoms with Gasteiger partial charge >= 0.3 is 0 Å². The van der Waals surface area contributed by atoms with Gasteiger partial charge in [-0.2, -0.15) is 0 Å². The molecular formula is C16H18O2. The first kappa shape index (κ1) is 12.5. The van der Waals surface area contributed by atoms with Crippen LogP contribution in [0.5, 0.6) is 17.2 Å². The molecule has 0 atom stereocenters. The van der Waals surface area contributed by atoms with Crippen molar-refractivity contribution in [1.29, 1.82) is 0 Å².